The van der Waals surface area contributed by atoms with Crippen LogP contribution in [0, 0.1) is 0 Å². The Kier molecular flexibility index (Phi) is 5.94. The van der Waals surface area contributed by atoms with E-state index < -0.39 is 0 Å². The molecule has 118 valence electrons. The topological polar surface area (TPSA) is 97.6 Å². The molecule has 0 bridgehead atoms. The number of anilines is 3. The Labute approximate surface area is 124 Å². The van der Waals surface area contributed by atoms with E-state index in [2.05, 4.69) is 25.2 Å². The van der Waals surface area contributed by atoms with Crippen LogP contribution in [0.3, 0.4) is 0 Å². The van der Waals surface area contributed by atoms with Gasteiger partial charge in [0.2, 0.25) is 17.8 Å². The van der Waals surface area contributed by atoms with E-state index >= 15 is 0 Å². The zero-order valence-corrected chi connectivity index (χ0v) is 12.5. The molecule has 21 heavy (non-hydrogen) atoms. The van der Waals surface area contributed by atoms with Gasteiger partial charge in [-0.05, 0) is 19.3 Å². The van der Waals surface area contributed by atoms with Crippen molar-refractivity contribution in [3.8, 4) is 0 Å². The Balaban J connectivity index is 2.26. The summed E-state index contributed by atoms with van der Waals surface area (Å²) < 4.78 is 0. The third-order valence-electron chi connectivity index (χ3n) is 3.50. The van der Waals surface area contributed by atoms with Crippen LogP contribution < -0.4 is 15.1 Å². The van der Waals surface area contributed by atoms with Gasteiger partial charge in [0.1, 0.15) is 0 Å². The van der Waals surface area contributed by atoms with Crippen molar-refractivity contribution in [3.63, 3.8) is 0 Å². The fraction of sp³-hybridized carbons (Fsp3) is 0.769. The highest BCUT2D eigenvalue weighted by molar-refractivity contribution is 5.45. The molecule has 0 radical (unpaired) electrons. The Morgan fingerprint density at radius 3 is 2.29 bits per heavy atom. The molecule has 2 rings (SSSR count). The number of hydrogen-bond donors (Lipinski definition) is 3. The van der Waals surface area contributed by atoms with Crippen LogP contribution in [-0.4, -0.2) is 71.6 Å². The van der Waals surface area contributed by atoms with Crippen molar-refractivity contribution in [2.75, 3.05) is 61.6 Å². The third kappa shape index (κ3) is 4.15. The lowest BCUT2D eigenvalue weighted by molar-refractivity contribution is 0.280. The Morgan fingerprint density at radius 1 is 1.05 bits per heavy atom. The molecule has 1 fully saturated rings. The van der Waals surface area contributed by atoms with Gasteiger partial charge in [-0.15, -0.1) is 0 Å². The van der Waals surface area contributed by atoms with E-state index in [1.54, 1.807) is 11.9 Å². The first kappa shape index (κ1) is 15.7. The Hall–Kier alpha value is -1.67. The number of piperidine rings is 1. The van der Waals surface area contributed by atoms with Gasteiger partial charge in [-0.25, -0.2) is 0 Å². The van der Waals surface area contributed by atoms with Gasteiger partial charge < -0.3 is 25.3 Å². The normalized spacial score (nSPS) is 15.1. The fourth-order valence-corrected chi connectivity index (χ4v) is 2.40. The van der Waals surface area contributed by atoms with Gasteiger partial charge in [-0.1, -0.05) is 0 Å². The van der Waals surface area contributed by atoms with Crippen LogP contribution in [0.4, 0.5) is 17.8 Å². The number of aromatic nitrogens is 3. The summed E-state index contributed by atoms with van der Waals surface area (Å²) in [6.07, 6.45) is 3.54. The molecule has 0 unspecified atom stereocenters. The van der Waals surface area contributed by atoms with Crippen LogP contribution in [0.25, 0.3) is 0 Å². The predicted molar refractivity (Wildman–Crippen MR) is 81.8 cm³/mol. The van der Waals surface area contributed by atoms with Gasteiger partial charge in [0, 0.05) is 33.2 Å². The smallest absolute Gasteiger partial charge is 0.232 e. The first-order valence-corrected chi connectivity index (χ1v) is 7.44. The van der Waals surface area contributed by atoms with Gasteiger partial charge in [-0.3, -0.25) is 0 Å². The van der Waals surface area contributed by atoms with Crippen molar-refractivity contribution in [1.29, 1.82) is 0 Å². The summed E-state index contributed by atoms with van der Waals surface area (Å²) in [7, 11) is 1.77. The molecule has 3 N–H and O–H groups in total. The maximum absolute atomic E-state index is 9.15. The zero-order chi connectivity index (χ0) is 15.1. The van der Waals surface area contributed by atoms with E-state index in [0.717, 1.165) is 25.9 Å². The van der Waals surface area contributed by atoms with E-state index in [0.29, 0.717) is 30.9 Å². The summed E-state index contributed by atoms with van der Waals surface area (Å²) in [5.41, 5.74) is 0. The van der Waals surface area contributed by atoms with Gasteiger partial charge in [-0.2, -0.15) is 15.0 Å². The van der Waals surface area contributed by atoms with E-state index in [-0.39, 0.29) is 13.2 Å². The predicted octanol–water partition coefficient (Wildman–Crippen LogP) is -0.305. The number of aliphatic hydroxyl groups excluding tert-OH is 2. The highest BCUT2D eigenvalue weighted by atomic mass is 16.3. The SMILES string of the molecule is CNc1nc(N(CCO)CCO)nc(N2CCCCC2)n1. The molecule has 1 aromatic rings. The molecule has 1 aromatic heterocycles. The molecular formula is C13H24N6O2. The summed E-state index contributed by atoms with van der Waals surface area (Å²) in [4.78, 5) is 17.2. The molecule has 1 aliphatic heterocycles. The minimum atomic E-state index is -0.0143. The number of nitrogens with one attached hydrogen (secondary N) is 1. The minimum Gasteiger partial charge on any atom is -0.395 e. The molecule has 0 aliphatic carbocycles. The second-order valence-corrected chi connectivity index (χ2v) is 4.99. The van der Waals surface area contributed by atoms with E-state index in [1.807, 2.05) is 0 Å². The highest BCUT2D eigenvalue weighted by Crippen LogP contribution is 2.19. The Morgan fingerprint density at radius 2 is 1.71 bits per heavy atom. The minimum absolute atomic E-state index is 0.0143. The van der Waals surface area contributed by atoms with E-state index in [1.165, 1.54) is 6.42 Å². The van der Waals surface area contributed by atoms with Crippen LogP contribution in [0.15, 0.2) is 0 Å². The first-order valence-electron chi connectivity index (χ1n) is 7.44. The van der Waals surface area contributed by atoms with Crippen molar-refractivity contribution in [2.24, 2.45) is 0 Å². The monoisotopic (exact) mass is 296 g/mol. The van der Waals surface area contributed by atoms with Gasteiger partial charge in [0.25, 0.3) is 0 Å². The van der Waals surface area contributed by atoms with Crippen molar-refractivity contribution >= 4 is 17.8 Å². The summed E-state index contributed by atoms with van der Waals surface area (Å²) in [6.45, 7) is 2.64. The molecule has 1 aliphatic rings. The molecule has 8 heteroatoms. The van der Waals surface area contributed by atoms with Gasteiger partial charge >= 0.3 is 0 Å². The second kappa shape index (κ2) is 7.94. The molecule has 0 aromatic carbocycles. The van der Waals surface area contributed by atoms with Crippen LogP contribution in [0.1, 0.15) is 19.3 Å². The van der Waals surface area contributed by atoms with Crippen molar-refractivity contribution in [3.05, 3.63) is 0 Å². The summed E-state index contributed by atoms with van der Waals surface area (Å²) in [6, 6.07) is 0. The molecule has 0 saturated carbocycles. The summed E-state index contributed by atoms with van der Waals surface area (Å²) in [5, 5.41) is 21.2. The number of rotatable bonds is 7. The molecule has 0 atom stereocenters. The molecule has 1 saturated heterocycles. The number of nitrogens with zero attached hydrogens (tertiary/aromatic N) is 5. The van der Waals surface area contributed by atoms with Crippen LogP contribution in [0.5, 0.6) is 0 Å². The second-order valence-electron chi connectivity index (χ2n) is 4.99. The average Bonchev–Trinajstić information content (AvgIpc) is 2.55. The van der Waals surface area contributed by atoms with E-state index in [4.69, 9.17) is 10.2 Å². The maximum Gasteiger partial charge on any atom is 0.232 e. The standard InChI is InChI=1S/C13H24N6O2/c1-14-11-15-12(18-5-3-2-4-6-18)17-13(16-11)19(7-9-20)8-10-21/h20-21H,2-10H2,1H3,(H,14,15,16,17). The summed E-state index contributed by atoms with van der Waals surface area (Å²) in [5.74, 6) is 1.64. The van der Waals surface area contributed by atoms with Gasteiger partial charge in [0.15, 0.2) is 0 Å². The fourth-order valence-electron chi connectivity index (χ4n) is 2.40. The Bertz CT molecular complexity index is 433. The lowest BCUT2D eigenvalue weighted by Gasteiger charge is -2.28. The van der Waals surface area contributed by atoms with Crippen molar-refractivity contribution < 1.29 is 10.2 Å². The molecule has 0 amide bonds. The summed E-state index contributed by atoms with van der Waals surface area (Å²) >= 11 is 0. The zero-order valence-electron chi connectivity index (χ0n) is 12.5. The van der Waals surface area contributed by atoms with Crippen LogP contribution in [-0.2, 0) is 0 Å². The third-order valence-corrected chi connectivity index (χ3v) is 3.50. The largest absolute Gasteiger partial charge is 0.395 e. The highest BCUT2D eigenvalue weighted by Gasteiger charge is 2.18. The molecule has 8 nitrogen and oxygen atoms in total. The quantitative estimate of drug-likeness (QED) is 0.630. The van der Waals surface area contributed by atoms with Crippen molar-refractivity contribution in [2.45, 2.75) is 19.3 Å². The average molecular weight is 296 g/mol. The maximum atomic E-state index is 9.15. The number of aliphatic hydroxyl groups is 2. The van der Waals surface area contributed by atoms with Crippen LogP contribution in [0.2, 0.25) is 0 Å². The molecule has 2 heterocycles. The van der Waals surface area contributed by atoms with Gasteiger partial charge in [0.05, 0.1) is 13.2 Å². The van der Waals surface area contributed by atoms with E-state index in [9.17, 15) is 0 Å². The van der Waals surface area contributed by atoms with Crippen LogP contribution >= 0.6 is 0 Å². The lowest BCUT2D eigenvalue weighted by atomic mass is 10.1. The molecular weight excluding hydrogens is 272 g/mol. The van der Waals surface area contributed by atoms with Crippen molar-refractivity contribution in [1.82, 2.24) is 15.0 Å². The molecule has 0 spiro atoms. The first-order chi connectivity index (χ1) is 10.3. The number of hydrogen-bond acceptors (Lipinski definition) is 8. The lowest BCUT2D eigenvalue weighted by Crippen LogP contribution is -2.34.